The molecule has 1 aromatic heterocycles. The molecule has 0 aliphatic rings. The first kappa shape index (κ1) is 12.2. The summed E-state index contributed by atoms with van der Waals surface area (Å²) in [4.78, 5) is 0. The van der Waals surface area contributed by atoms with Crippen LogP contribution in [0.15, 0.2) is 6.07 Å². The van der Waals surface area contributed by atoms with Gasteiger partial charge < -0.3 is 10.4 Å². The van der Waals surface area contributed by atoms with Gasteiger partial charge in [-0.15, -0.1) is 0 Å². The van der Waals surface area contributed by atoms with Crippen molar-refractivity contribution < 1.29 is 5.11 Å². The van der Waals surface area contributed by atoms with E-state index in [-0.39, 0.29) is 12.6 Å². The summed E-state index contributed by atoms with van der Waals surface area (Å²) in [6.07, 6.45) is 0. The molecule has 0 aromatic carbocycles. The molecule has 0 amide bonds. The third kappa shape index (κ3) is 3.32. The molecule has 15 heavy (non-hydrogen) atoms. The van der Waals surface area contributed by atoms with Crippen LogP contribution in [0.2, 0.25) is 0 Å². The summed E-state index contributed by atoms with van der Waals surface area (Å²) in [7, 11) is 1.94. The van der Waals surface area contributed by atoms with Crippen molar-refractivity contribution in [1.82, 2.24) is 15.1 Å². The molecule has 0 bridgehead atoms. The first-order chi connectivity index (χ1) is 7.04. The van der Waals surface area contributed by atoms with E-state index in [1.54, 1.807) is 0 Å². The third-order valence-corrected chi connectivity index (χ3v) is 2.65. The number of rotatable bonds is 5. The predicted octanol–water partition coefficient (Wildman–Crippen LogP) is 0.835. The van der Waals surface area contributed by atoms with Crippen LogP contribution in [0.25, 0.3) is 0 Å². The molecule has 0 unspecified atom stereocenters. The molecule has 4 nitrogen and oxygen atoms in total. The topological polar surface area (TPSA) is 50.1 Å². The zero-order valence-corrected chi connectivity index (χ0v) is 9.99. The van der Waals surface area contributed by atoms with Crippen molar-refractivity contribution in [3.63, 3.8) is 0 Å². The highest BCUT2D eigenvalue weighted by Crippen LogP contribution is 2.05. The number of hydrogen-bond donors (Lipinski definition) is 2. The molecule has 1 aromatic rings. The second kappa shape index (κ2) is 5.28. The number of nitrogens with one attached hydrogen (secondary N) is 1. The molecule has 2 N–H and O–H groups in total. The van der Waals surface area contributed by atoms with Gasteiger partial charge in [-0.1, -0.05) is 13.8 Å². The van der Waals surface area contributed by atoms with E-state index in [1.807, 2.05) is 18.7 Å². The van der Waals surface area contributed by atoms with Crippen molar-refractivity contribution in [2.75, 3.05) is 6.61 Å². The Labute approximate surface area is 91.3 Å². The van der Waals surface area contributed by atoms with Gasteiger partial charge in [-0.3, -0.25) is 4.68 Å². The maximum absolute atomic E-state index is 9.16. The number of aliphatic hydroxyl groups is 1. The van der Waals surface area contributed by atoms with Crippen LogP contribution in [-0.4, -0.2) is 27.5 Å². The predicted molar refractivity (Wildman–Crippen MR) is 60.5 cm³/mol. The number of aliphatic hydroxyl groups excluding tert-OH is 1. The van der Waals surface area contributed by atoms with Crippen molar-refractivity contribution in [2.24, 2.45) is 13.0 Å². The summed E-state index contributed by atoms with van der Waals surface area (Å²) < 4.78 is 1.87. The fourth-order valence-corrected chi connectivity index (χ4v) is 1.58. The Hall–Kier alpha value is -0.870. The number of nitrogens with zero attached hydrogens (tertiary/aromatic N) is 2. The third-order valence-electron chi connectivity index (χ3n) is 2.65. The average Bonchev–Trinajstić information content (AvgIpc) is 2.45. The largest absolute Gasteiger partial charge is 0.395 e. The Morgan fingerprint density at radius 3 is 2.60 bits per heavy atom. The Bertz CT molecular complexity index is 307. The molecule has 1 rings (SSSR count). The first-order valence-corrected chi connectivity index (χ1v) is 5.38. The van der Waals surface area contributed by atoms with Crippen molar-refractivity contribution in [3.05, 3.63) is 17.5 Å². The van der Waals surface area contributed by atoms with Crippen LogP contribution < -0.4 is 5.32 Å². The summed E-state index contributed by atoms with van der Waals surface area (Å²) >= 11 is 0. The highest BCUT2D eigenvalue weighted by Gasteiger charge is 2.12. The Morgan fingerprint density at radius 1 is 1.53 bits per heavy atom. The van der Waals surface area contributed by atoms with E-state index in [9.17, 15) is 0 Å². The van der Waals surface area contributed by atoms with E-state index in [0.29, 0.717) is 5.92 Å². The van der Waals surface area contributed by atoms with Gasteiger partial charge in [0.25, 0.3) is 0 Å². The molecule has 0 spiro atoms. The lowest BCUT2D eigenvalue weighted by Gasteiger charge is -2.19. The molecule has 0 aliphatic carbocycles. The van der Waals surface area contributed by atoms with Gasteiger partial charge in [-0.05, 0) is 18.9 Å². The first-order valence-electron chi connectivity index (χ1n) is 5.38. The number of aromatic nitrogens is 2. The van der Waals surface area contributed by atoms with Crippen LogP contribution in [0.1, 0.15) is 25.2 Å². The van der Waals surface area contributed by atoms with E-state index in [4.69, 9.17) is 5.11 Å². The molecule has 0 fully saturated rings. The van der Waals surface area contributed by atoms with E-state index in [0.717, 1.165) is 17.9 Å². The summed E-state index contributed by atoms with van der Waals surface area (Å²) in [5.74, 6) is 0.435. The Morgan fingerprint density at radius 2 is 2.20 bits per heavy atom. The summed E-state index contributed by atoms with van der Waals surface area (Å²) in [5, 5.41) is 16.8. The minimum atomic E-state index is 0.153. The van der Waals surface area contributed by atoms with E-state index < -0.39 is 0 Å². The molecule has 4 heteroatoms. The fourth-order valence-electron chi connectivity index (χ4n) is 1.58. The van der Waals surface area contributed by atoms with Crippen LogP contribution in [0, 0.1) is 12.8 Å². The van der Waals surface area contributed by atoms with E-state index >= 15 is 0 Å². The highest BCUT2D eigenvalue weighted by atomic mass is 16.3. The lowest BCUT2D eigenvalue weighted by molar-refractivity contribution is 0.209. The molecule has 0 radical (unpaired) electrons. The monoisotopic (exact) mass is 211 g/mol. The number of aryl methyl sites for hydroxylation is 2. The summed E-state index contributed by atoms with van der Waals surface area (Å²) in [6, 6.07) is 2.21. The normalized spacial score (nSPS) is 13.5. The molecule has 0 saturated heterocycles. The maximum atomic E-state index is 9.16. The average molecular weight is 211 g/mol. The van der Waals surface area contributed by atoms with Crippen LogP contribution in [0.4, 0.5) is 0 Å². The standard InChI is InChI=1S/C11H21N3O/c1-8(2)11(7-15)12-6-10-5-9(3)13-14(10)4/h5,8,11-12,15H,6-7H2,1-4H3/t11-/m1/s1. The van der Waals surface area contributed by atoms with Gasteiger partial charge in [-0.25, -0.2) is 0 Å². The molecular formula is C11H21N3O. The van der Waals surface area contributed by atoms with E-state index in [1.165, 1.54) is 0 Å². The summed E-state index contributed by atoms with van der Waals surface area (Å²) in [6.45, 7) is 7.11. The van der Waals surface area contributed by atoms with Gasteiger partial charge in [0, 0.05) is 19.6 Å². The molecule has 86 valence electrons. The second-order valence-electron chi connectivity index (χ2n) is 4.31. The van der Waals surface area contributed by atoms with Crippen LogP contribution in [-0.2, 0) is 13.6 Å². The van der Waals surface area contributed by atoms with Crippen LogP contribution in [0.5, 0.6) is 0 Å². The van der Waals surface area contributed by atoms with Gasteiger partial charge in [0.1, 0.15) is 0 Å². The quantitative estimate of drug-likeness (QED) is 0.758. The molecule has 1 heterocycles. The molecule has 1 atom stereocenters. The van der Waals surface area contributed by atoms with Crippen molar-refractivity contribution in [3.8, 4) is 0 Å². The maximum Gasteiger partial charge on any atom is 0.0597 e. The van der Waals surface area contributed by atoms with Crippen LogP contribution in [0.3, 0.4) is 0 Å². The summed E-state index contributed by atoms with van der Waals surface area (Å²) in [5.41, 5.74) is 2.17. The highest BCUT2D eigenvalue weighted by molar-refractivity contribution is 5.08. The smallest absolute Gasteiger partial charge is 0.0597 e. The minimum absolute atomic E-state index is 0.153. The van der Waals surface area contributed by atoms with Gasteiger partial charge in [0.2, 0.25) is 0 Å². The van der Waals surface area contributed by atoms with Gasteiger partial charge in [-0.2, -0.15) is 5.10 Å². The van der Waals surface area contributed by atoms with Crippen molar-refractivity contribution >= 4 is 0 Å². The van der Waals surface area contributed by atoms with Gasteiger partial charge in [0.05, 0.1) is 18.0 Å². The second-order valence-corrected chi connectivity index (χ2v) is 4.31. The zero-order valence-electron chi connectivity index (χ0n) is 9.99. The van der Waals surface area contributed by atoms with Crippen LogP contribution >= 0.6 is 0 Å². The van der Waals surface area contributed by atoms with Gasteiger partial charge in [0.15, 0.2) is 0 Å². The molecule has 0 aliphatic heterocycles. The Kier molecular flexibility index (Phi) is 4.29. The van der Waals surface area contributed by atoms with Gasteiger partial charge >= 0.3 is 0 Å². The Balaban J connectivity index is 2.52. The van der Waals surface area contributed by atoms with E-state index in [2.05, 4.69) is 30.3 Å². The van der Waals surface area contributed by atoms with Crippen molar-refractivity contribution in [1.29, 1.82) is 0 Å². The fraction of sp³-hybridized carbons (Fsp3) is 0.727. The molecule has 0 saturated carbocycles. The molecular weight excluding hydrogens is 190 g/mol. The van der Waals surface area contributed by atoms with Crippen molar-refractivity contribution in [2.45, 2.75) is 33.4 Å². The lowest BCUT2D eigenvalue weighted by atomic mass is 10.1. The zero-order chi connectivity index (χ0) is 11.4. The SMILES string of the molecule is Cc1cc(CN[C@H](CO)C(C)C)n(C)n1. The minimum Gasteiger partial charge on any atom is -0.395 e. The number of hydrogen-bond acceptors (Lipinski definition) is 3. The lowest BCUT2D eigenvalue weighted by Crippen LogP contribution is -2.36.